The molecule has 1 fully saturated rings. The van der Waals surface area contributed by atoms with Gasteiger partial charge in [-0.1, -0.05) is 23.7 Å². The van der Waals surface area contributed by atoms with E-state index in [0.29, 0.717) is 37.9 Å². The molecule has 3 aromatic rings. The summed E-state index contributed by atoms with van der Waals surface area (Å²) in [5.41, 5.74) is 1.34. The number of benzene rings is 2. The predicted molar refractivity (Wildman–Crippen MR) is 111 cm³/mol. The maximum Gasteiger partial charge on any atom is 0.266 e. The van der Waals surface area contributed by atoms with Crippen LogP contribution in [0.15, 0.2) is 75.0 Å². The Labute approximate surface area is 170 Å². The van der Waals surface area contributed by atoms with Crippen LogP contribution in [0.1, 0.15) is 5.76 Å². The van der Waals surface area contributed by atoms with E-state index in [2.05, 4.69) is 4.99 Å². The lowest BCUT2D eigenvalue weighted by atomic mass is 10.2. The van der Waals surface area contributed by atoms with Gasteiger partial charge in [-0.05, 0) is 60.3 Å². The summed E-state index contributed by atoms with van der Waals surface area (Å²) in [5.74, 6) is 0.544. The van der Waals surface area contributed by atoms with Crippen molar-refractivity contribution in [3.8, 4) is 11.3 Å². The zero-order chi connectivity index (χ0) is 19.7. The first-order chi connectivity index (χ1) is 13.5. The molecule has 140 valence electrons. The Hall–Kier alpha value is -2.83. The minimum Gasteiger partial charge on any atom is -0.457 e. The summed E-state index contributed by atoms with van der Waals surface area (Å²) in [6.45, 7) is 0. The lowest BCUT2D eigenvalue weighted by Gasteiger charge is -2.06. The van der Waals surface area contributed by atoms with Crippen molar-refractivity contribution in [3.63, 3.8) is 0 Å². The van der Waals surface area contributed by atoms with Gasteiger partial charge >= 0.3 is 0 Å². The molecule has 0 bridgehead atoms. The molecule has 0 unspecified atom stereocenters. The number of furan rings is 1. The minimum atomic E-state index is -0.333. The topological polar surface area (TPSA) is 45.8 Å². The van der Waals surface area contributed by atoms with E-state index in [1.54, 1.807) is 61.7 Å². The lowest BCUT2D eigenvalue weighted by molar-refractivity contribution is -0.121. The summed E-state index contributed by atoms with van der Waals surface area (Å²) in [4.78, 5) is 19.0. The molecule has 4 rings (SSSR count). The number of nitrogens with zero attached hydrogens (tertiary/aromatic N) is 2. The number of amidine groups is 1. The number of amides is 1. The third-order valence-electron chi connectivity index (χ3n) is 4.06. The van der Waals surface area contributed by atoms with E-state index in [1.165, 1.54) is 28.8 Å². The third-order valence-corrected chi connectivity index (χ3v) is 5.38. The fourth-order valence-electron chi connectivity index (χ4n) is 2.63. The average Bonchev–Trinajstić information content (AvgIpc) is 3.25. The Balaban J connectivity index is 1.58. The number of aliphatic imine (C=N–C) groups is 1. The maximum absolute atomic E-state index is 13.4. The van der Waals surface area contributed by atoms with Crippen LogP contribution in [-0.4, -0.2) is 23.0 Å². The molecule has 0 radical (unpaired) electrons. The number of rotatable bonds is 3. The van der Waals surface area contributed by atoms with E-state index in [1.807, 2.05) is 0 Å². The van der Waals surface area contributed by atoms with Crippen molar-refractivity contribution >= 4 is 46.2 Å². The van der Waals surface area contributed by atoms with Crippen molar-refractivity contribution < 1.29 is 13.6 Å². The van der Waals surface area contributed by atoms with E-state index in [9.17, 15) is 9.18 Å². The molecule has 7 heteroatoms. The van der Waals surface area contributed by atoms with Crippen molar-refractivity contribution in [2.75, 3.05) is 7.05 Å². The first-order valence-corrected chi connectivity index (χ1v) is 9.57. The number of thioether (sulfide) groups is 1. The second-order valence-corrected chi connectivity index (χ2v) is 7.50. The highest BCUT2D eigenvalue weighted by Gasteiger charge is 2.30. The van der Waals surface area contributed by atoms with Gasteiger partial charge in [0, 0.05) is 23.7 Å². The van der Waals surface area contributed by atoms with Crippen LogP contribution >= 0.6 is 23.4 Å². The summed E-state index contributed by atoms with van der Waals surface area (Å²) in [7, 11) is 1.67. The summed E-state index contributed by atoms with van der Waals surface area (Å²) in [6, 6.07) is 16.7. The zero-order valence-corrected chi connectivity index (χ0v) is 16.3. The van der Waals surface area contributed by atoms with Crippen LogP contribution in [0.3, 0.4) is 0 Å². The molecule has 0 aliphatic carbocycles. The highest BCUT2D eigenvalue weighted by molar-refractivity contribution is 8.18. The van der Waals surface area contributed by atoms with Gasteiger partial charge in [0.1, 0.15) is 17.3 Å². The Bertz CT molecular complexity index is 1110. The van der Waals surface area contributed by atoms with Crippen molar-refractivity contribution in [3.05, 3.63) is 82.2 Å². The minimum absolute atomic E-state index is 0.165. The van der Waals surface area contributed by atoms with Gasteiger partial charge in [-0.3, -0.25) is 9.69 Å². The predicted octanol–water partition coefficient (Wildman–Crippen LogP) is 5.97. The molecule has 1 aliphatic heterocycles. The number of carbonyl (C=O) groups is 1. The molecule has 0 spiro atoms. The summed E-state index contributed by atoms with van der Waals surface area (Å²) >= 11 is 7.15. The smallest absolute Gasteiger partial charge is 0.266 e. The highest BCUT2D eigenvalue weighted by Crippen LogP contribution is 2.34. The van der Waals surface area contributed by atoms with Gasteiger partial charge in [0.05, 0.1) is 10.6 Å². The summed E-state index contributed by atoms with van der Waals surface area (Å²) in [6.07, 6.45) is 1.66. The van der Waals surface area contributed by atoms with E-state index in [0.717, 1.165) is 0 Å². The van der Waals surface area contributed by atoms with Crippen LogP contribution in [0, 0.1) is 5.82 Å². The first kappa shape index (κ1) is 18.5. The van der Waals surface area contributed by atoms with E-state index >= 15 is 0 Å². The quantitative estimate of drug-likeness (QED) is 0.497. The molecule has 0 atom stereocenters. The van der Waals surface area contributed by atoms with Crippen LogP contribution in [-0.2, 0) is 4.79 Å². The second kappa shape index (κ2) is 7.66. The van der Waals surface area contributed by atoms with Crippen molar-refractivity contribution in [1.82, 2.24) is 4.90 Å². The number of halogens is 2. The van der Waals surface area contributed by atoms with Crippen LogP contribution in [0.2, 0.25) is 5.02 Å². The average molecular weight is 413 g/mol. The molecule has 1 amide bonds. The van der Waals surface area contributed by atoms with E-state index in [-0.39, 0.29) is 11.7 Å². The number of hydrogen-bond acceptors (Lipinski definition) is 4. The van der Waals surface area contributed by atoms with Gasteiger partial charge < -0.3 is 4.42 Å². The lowest BCUT2D eigenvalue weighted by Crippen LogP contribution is -2.23. The Morgan fingerprint density at radius 3 is 2.68 bits per heavy atom. The molecule has 2 aromatic carbocycles. The van der Waals surface area contributed by atoms with Gasteiger partial charge in [0.2, 0.25) is 0 Å². The highest BCUT2D eigenvalue weighted by atomic mass is 35.5. The molecule has 2 heterocycles. The Morgan fingerprint density at radius 1 is 1.14 bits per heavy atom. The third kappa shape index (κ3) is 3.88. The molecule has 1 aromatic heterocycles. The van der Waals surface area contributed by atoms with Gasteiger partial charge in [0.15, 0.2) is 5.17 Å². The monoisotopic (exact) mass is 412 g/mol. The Morgan fingerprint density at radius 2 is 1.93 bits per heavy atom. The van der Waals surface area contributed by atoms with Gasteiger partial charge in [-0.15, -0.1) is 0 Å². The van der Waals surface area contributed by atoms with Crippen LogP contribution in [0.5, 0.6) is 0 Å². The summed E-state index contributed by atoms with van der Waals surface area (Å²) in [5, 5.41) is 1.19. The number of carbonyl (C=O) groups excluding carboxylic acids is 1. The zero-order valence-electron chi connectivity index (χ0n) is 14.7. The van der Waals surface area contributed by atoms with Gasteiger partial charge in [-0.2, -0.15) is 0 Å². The molecule has 1 saturated heterocycles. The SMILES string of the molecule is CN1C(=O)/C(=C/c2ccc(-c3cccc(F)c3)o2)SC1=Nc1ccc(Cl)cc1. The standard InChI is InChI=1S/C21H14ClFN2O2S/c1-25-20(26)19(28-21(25)24-16-7-5-14(22)6-8-16)12-17-9-10-18(27-17)13-3-2-4-15(23)11-13/h2-12H,1H3/b19-12-,24-21?. The van der Waals surface area contributed by atoms with Gasteiger partial charge in [-0.25, -0.2) is 9.38 Å². The van der Waals surface area contributed by atoms with Crippen LogP contribution < -0.4 is 0 Å². The molecule has 0 saturated carbocycles. The summed E-state index contributed by atoms with van der Waals surface area (Å²) < 4.78 is 19.2. The molecule has 4 nitrogen and oxygen atoms in total. The number of likely N-dealkylation sites (N-methyl/N-ethyl adjacent to an activating group) is 1. The molecular formula is C21H14ClFN2O2S. The normalized spacial score (nSPS) is 17.1. The second-order valence-electron chi connectivity index (χ2n) is 6.06. The molecule has 1 aliphatic rings. The van der Waals surface area contributed by atoms with E-state index < -0.39 is 0 Å². The van der Waals surface area contributed by atoms with Crippen molar-refractivity contribution in [2.45, 2.75) is 0 Å². The largest absolute Gasteiger partial charge is 0.457 e. The number of hydrogen-bond donors (Lipinski definition) is 0. The Kier molecular flexibility index (Phi) is 5.07. The van der Waals surface area contributed by atoms with Gasteiger partial charge in [0.25, 0.3) is 5.91 Å². The molecule has 28 heavy (non-hydrogen) atoms. The van der Waals surface area contributed by atoms with Crippen LogP contribution in [0.25, 0.3) is 17.4 Å². The van der Waals surface area contributed by atoms with Crippen molar-refractivity contribution in [2.24, 2.45) is 4.99 Å². The molecular weight excluding hydrogens is 399 g/mol. The molecule has 0 N–H and O–H groups in total. The fourth-order valence-corrected chi connectivity index (χ4v) is 3.73. The van der Waals surface area contributed by atoms with Crippen molar-refractivity contribution in [1.29, 1.82) is 0 Å². The van der Waals surface area contributed by atoms with Crippen LogP contribution in [0.4, 0.5) is 10.1 Å². The first-order valence-electron chi connectivity index (χ1n) is 8.37. The maximum atomic E-state index is 13.4. The fraction of sp³-hybridized carbons (Fsp3) is 0.0476. The van der Waals surface area contributed by atoms with E-state index in [4.69, 9.17) is 16.0 Å².